The lowest BCUT2D eigenvalue weighted by molar-refractivity contribution is 0.217. The fraction of sp³-hybridized carbons (Fsp3) is 0.625. The number of likely N-dealkylation sites (tertiary alicyclic amines) is 1. The molecule has 2 unspecified atom stereocenters. The molecule has 1 aliphatic heterocycles. The van der Waals surface area contributed by atoms with Crippen molar-refractivity contribution >= 4 is 11.6 Å². The normalized spacial score (nSPS) is 26.9. The van der Waals surface area contributed by atoms with Crippen LogP contribution in [0, 0.1) is 5.92 Å². The Morgan fingerprint density at radius 3 is 2.75 bits per heavy atom. The maximum absolute atomic E-state index is 6.32. The fourth-order valence-corrected chi connectivity index (χ4v) is 3.77. The molecule has 1 N–H and O–H groups in total. The highest BCUT2D eigenvalue weighted by Gasteiger charge is 2.42. The molecule has 1 saturated heterocycles. The molecule has 1 aromatic rings. The molecule has 2 fully saturated rings. The van der Waals surface area contributed by atoms with E-state index in [1.54, 1.807) is 7.11 Å². The van der Waals surface area contributed by atoms with E-state index >= 15 is 0 Å². The second-order valence-electron chi connectivity index (χ2n) is 5.91. The van der Waals surface area contributed by atoms with Crippen LogP contribution in [0.5, 0.6) is 5.75 Å². The zero-order valence-corrected chi connectivity index (χ0v) is 13.0. The number of nitrogens with zero attached hydrogens (tertiary/aromatic N) is 1. The highest BCUT2D eigenvalue weighted by Crippen LogP contribution is 2.45. The lowest BCUT2D eigenvalue weighted by atomic mass is 9.93. The molecule has 1 heterocycles. The standard InChI is InChI=1S/C16H23ClN2O/c1-18-10-12-7-8-19(13-4-5-13)16(12)11-3-6-15(20-2)14(17)9-11/h3,6,9,12-13,16,18H,4-5,7-8,10H2,1-2H3. The van der Waals surface area contributed by atoms with Crippen LogP contribution in [0.15, 0.2) is 18.2 Å². The summed E-state index contributed by atoms with van der Waals surface area (Å²) in [5.41, 5.74) is 1.33. The zero-order chi connectivity index (χ0) is 14.1. The molecule has 4 heteroatoms. The topological polar surface area (TPSA) is 24.5 Å². The molecular formula is C16H23ClN2O. The van der Waals surface area contributed by atoms with E-state index in [0.717, 1.165) is 23.4 Å². The summed E-state index contributed by atoms with van der Waals surface area (Å²) < 4.78 is 5.27. The number of hydrogen-bond donors (Lipinski definition) is 1. The molecule has 3 nitrogen and oxygen atoms in total. The summed E-state index contributed by atoms with van der Waals surface area (Å²) in [4.78, 5) is 2.68. The van der Waals surface area contributed by atoms with E-state index in [4.69, 9.17) is 16.3 Å². The van der Waals surface area contributed by atoms with Gasteiger partial charge in [0.15, 0.2) is 0 Å². The lowest BCUT2D eigenvalue weighted by Crippen LogP contribution is -2.30. The van der Waals surface area contributed by atoms with Gasteiger partial charge in [0, 0.05) is 12.1 Å². The van der Waals surface area contributed by atoms with E-state index in [1.807, 2.05) is 13.1 Å². The number of hydrogen-bond acceptors (Lipinski definition) is 3. The van der Waals surface area contributed by atoms with Gasteiger partial charge in [-0.05, 0) is 63.0 Å². The Balaban J connectivity index is 1.88. The highest BCUT2D eigenvalue weighted by molar-refractivity contribution is 6.32. The molecule has 0 amide bonds. The third-order valence-electron chi connectivity index (χ3n) is 4.56. The summed E-state index contributed by atoms with van der Waals surface area (Å²) in [6.07, 6.45) is 3.98. The first-order valence-corrected chi connectivity index (χ1v) is 7.86. The zero-order valence-electron chi connectivity index (χ0n) is 12.2. The van der Waals surface area contributed by atoms with Crippen molar-refractivity contribution < 1.29 is 4.74 Å². The first-order valence-electron chi connectivity index (χ1n) is 7.48. The average molecular weight is 295 g/mol. The van der Waals surface area contributed by atoms with Crippen LogP contribution in [-0.2, 0) is 0 Å². The first kappa shape index (κ1) is 14.2. The summed E-state index contributed by atoms with van der Waals surface area (Å²) in [5.74, 6) is 1.43. The maximum Gasteiger partial charge on any atom is 0.137 e. The number of rotatable bonds is 5. The van der Waals surface area contributed by atoms with Gasteiger partial charge in [0.2, 0.25) is 0 Å². The quantitative estimate of drug-likeness (QED) is 0.903. The molecule has 1 saturated carbocycles. The van der Waals surface area contributed by atoms with Crippen LogP contribution in [0.1, 0.15) is 30.9 Å². The van der Waals surface area contributed by atoms with Gasteiger partial charge in [0.05, 0.1) is 12.1 Å². The smallest absolute Gasteiger partial charge is 0.137 e. The Bertz CT molecular complexity index is 476. The van der Waals surface area contributed by atoms with E-state index in [1.165, 1.54) is 31.4 Å². The van der Waals surface area contributed by atoms with Crippen molar-refractivity contribution in [2.24, 2.45) is 5.92 Å². The SMILES string of the molecule is CNCC1CCN(C2CC2)C1c1ccc(OC)c(Cl)c1. The Morgan fingerprint density at radius 2 is 2.15 bits per heavy atom. The van der Waals surface area contributed by atoms with Gasteiger partial charge in [0.1, 0.15) is 5.75 Å². The molecule has 3 rings (SSSR count). The van der Waals surface area contributed by atoms with Crippen molar-refractivity contribution in [2.75, 3.05) is 27.2 Å². The van der Waals surface area contributed by atoms with E-state index < -0.39 is 0 Å². The molecule has 0 radical (unpaired) electrons. The fourth-order valence-electron chi connectivity index (χ4n) is 3.50. The molecular weight excluding hydrogens is 272 g/mol. The lowest BCUT2D eigenvalue weighted by Gasteiger charge is -2.29. The monoisotopic (exact) mass is 294 g/mol. The molecule has 0 bridgehead atoms. The molecule has 2 atom stereocenters. The van der Waals surface area contributed by atoms with Crippen LogP contribution in [0.2, 0.25) is 5.02 Å². The third-order valence-corrected chi connectivity index (χ3v) is 4.86. The molecule has 1 aromatic carbocycles. The van der Waals surface area contributed by atoms with E-state index in [-0.39, 0.29) is 0 Å². The second-order valence-corrected chi connectivity index (χ2v) is 6.32. The Labute approximate surface area is 126 Å². The predicted molar refractivity (Wildman–Crippen MR) is 82.5 cm³/mol. The largest absolute Gasteiger partial charge is 0.495 e. The van der Waals surface area contributed by atoms with Crippen LogP contribution in [0.25, 0.3) is 0 Å². The molecule has 1 aliphatic carbocycles. The molecule has 20 heavy (non-hydrogen) atoms. The summed E-state index contributed by atoms with van der Waals surface area (Å²) >= 11 is 6.32. The van der Waals surface area contributed by atoms with Crippen LogP contribution < -0.4 is 10.1 Å². The molecule has 2 aliphatic rings. The minimum absolute atomic E-state index is 0.498. The minimum Gasteiger partial charge on any atom is -0.495 e. The summed E-state index contributed by atoms with van der Waals surface area (Å²) in [6, 6.07) is 7.56. The van der Waals surface area contributed by atoms with Gasteiger partial charge in [0.25, 0.3) is 0 Å². The highest BCUT2D eigenvalue weighted by atomic mass is 35.5. The van der Waals surface area contributed by atoms with E-state index in [2.05, 4.69) is 22.3 Å². The van der Waals surface area contributed by atoms with E-state index in [9.17, 15) is 0 Å². The predicted octanol–water partition coefficient (Wildman–Crippen LogP) is 3.09. The van der Waals surface area contributed by atoms with Gasteiger partial charge >= 0.3 is 0 Å². The van der Waals surface area contributed by atoms with Crippen LogP contribution in [0.4, 0.5) is 0 Å². The van der Waals surface area contributed by atoms with Crippen LogP contribution in [0.3, 0.4) is 0 Å². The Hall–Kier alpha value is -0.770. The number of methoxy groups -OCH3 is 1. The van der Waals surface area contributed by atoms with Gasteiger partial charge in [-0.25, -0.2) is 0 Å². The van der Waals surface area contributed by atoms with Gasteiger partial charge < -0.3 is 10.1 Å². The Morgan fingerprint density at radius 1 is 1.35 bits per heavy atom. The summed E-state index contributed by atoms with van der Waals surface area (Å²) in [5, 5.41) is 4.06. The van der Waals surface area contributed by atoms with Crippen molar-refractivity contribution in [1.29, 1.82) is 0 Å². The van der Waals surface area contributed by atoms with Crippen molar-refractivity contribution in [2.45, 2.75) is 31.3 Å². The maximum atomic E-state index is 6.32. The molecule has 110 valence electrons. The number of halogens is 1. The molecule has 0 aromatic heterocycles. The second kappa shape index (κ2) is 5.92. The minimum atomic E-state index is 0.498. The Kier molecular flexibility index (Phi) is 4.20. The summed E-state index contributed by atoms with van der Waals surface area (Å²) in [6.45, 7) is 2.28. The van der Waals surface area contributed by atoms with Gasteiger partial charge in [-0.15, -0.1) is 0 Å². The number of ether oxygens (including phenoxy) is 1. The van der Waals surface area contributed by atoms with Crippen molar-refractivity contribution in [3.05, 3.63) is 28.8 Å². The molecule has 0 spiro atoms. The van der Waals surface area contributed by atoms with Crippen LogP contribution >= 0.6 is 11.6 Å². The average Bonchev–Trinajstić information content (AvgIpc) is 3.21. The van der Waals surface area contributed by atoms with Crippen molar-refractivity contribution in [1.82, 2.24) is 10.2 Å². The van der Waals surface area contributed by atoms with E-state index in [0.29, 0.717) is 12.0 Å². The van der Waals surface area contributed by atoms with Gasteiger partial charge in [-0.1, -0.05) is 17.7 Å². The van der Waals surface area contributed by atoms with Gasteiger partial charge in [-0.2, -0.15) is 0 Å². The van der Waals surface area contributed by atoms with Gasteiger partial charge in [-0.3, -0.25) is 4.90 Å². The third kappa shape index (κ3) is 2.67. The van der Waals surface area contributed by atoms with Crippen molar-refractivity contribution in [3.8, 4) is 5.75 Å². The van der Waals surface area contributed by atoms with Crippen LogP contribution in [-0.4, -0.2) is 38.2 Å². The number of nitrogens with one attached hydrogen (secondary N) is 1. The summed E-state index contributed by atoms with van der Waals surface area (Å²) in [7, 11) is 3.70. The number of benzene rings is 1. The first-order chi connectivity index (χ1) is 9.74. The van der Waals surface area contributed by atoms with Crippen molar-refractivity contribution in [3.63, 3.8) is 0 Å².